The second-order valence-electron chi connectivity index (χ2n) is 4.86. The Morgan fingerprint density at radius 2 is 2.16 bits per heavy atom. The first-order valence-corrected chi connectivity index (χ1v) is 8.29. The lowest BCUT2D eigenvalue weighted by atomic mass is 10.2. The Balaban J connectivity index is 2.77. The fourth-order valence-electron chi connectivity index (χ4n) is 1.76. The Kier molecular flexibility index (Phi) is 6.99. The molecule has 108 valence electrons. The predicted octanol–water partition coefficient (Wildman–Crippen LogP) is 3.18. The molecule has 1 unspecified atom stereocenters. The molecule has 4 nitrogen and oxygen atoms in total. The van der Waals surface area contributed by atoms with Crippen LogP contribution in [0.2, 0.25) is 0 Å². The SMILES string of the molecule is CCCNc1nc(C)cc(N(C)C(C)CCSC)n1. The summed E-state index contributed by atoms with van der Waals surface area (Å²) in [5.74, 6) is 2.91. The molecule has 0 bridgehead atoms. The molecule has 1 aromatic rings. The van der Waals surface area contributed by atoms with Crippen molar-refractivity contribution < 1.29 is 0 Å². The minimum atomic E-state index is 0.487. The van der Waals surface area contributed by atoms with E-state index < -0.39 is 0 Å². The van der Waals surface area contributed by atoms with Gasteiger partial charge in [-0.2, -0.15) is 16.7 Å². The van der Waals surface area contributed by atoms with Gasteiger partial charge in [-0.05, 0) is 38.7 Å². The van der Waals surface area contributed by atoms with Gasteiger partial charge in [-0.15, -0.1) is 0 Å². The van der Waals surface area contributed by atoms with E-state index in [2.05, 4.69) is 47.3 Å². The van der Waals surface area contributed by atoms with Crippen LogP contribution in [0.4, 0.5) is 11.8 Å². The summed E-state index contributed by atoms with van der Waals surface area (Å²) in [6.07, 6.45) is 4.39. The topological polar surface area (TPSA) is 41.1 Å². The van der Waals surface area contributed by atoms with Crippen LogP contribution in [-0.2, 0) is 0 Å². The molecular weight excluding hydrogens is 256 g/mol. The average molecular weight is 282 g/mol. The minimum absolute atomic E-state index is 0.487. The Morgan fingerprint density at radius 3 is 2.79 bits per heavy atom. The van der Waals surface area contributed by atoms with Crippen LogP contribution in [0.1, 0.15) is 32.4 Å². The van der Waals surface area contributed by atoms with E-state index in [-0.39, 0.29) is 0 Å². The van der Waals surface area contributed by atoms with Gasteiger partial charge in [-0.25, -0.2) is 4.98 Å². The number of hydrogen-bond acceptors (Lipinski definition) is 5. The van der Waals surface area contributed by atoms with Gasteiger partial charge in [0.2, 0.25) is 5.95 Å². The number of hydrogen-bond donors (Lipinski definition) is 1. The smallest absolute Gasteiger partial charge is 0.224 e. The molecule has 0 aromatic carbocycles. The molecule has 1 rings (SSSR count). The number of nitrogens with one attached hydrogen (secondary N) is 1. The lowest BCUT2D eigenvalue weighted by Gasteiger charge is -2.26. The van der Waals surface area contributed by atoms with Crippen molar-refractivity contribution in [2.75, 3.05) is 35.8 Å². The largest absolute Gasteiger partial charge is 0.357 e. The van der Waals surface area contributed by atoms with E-state index in [4.69, 9.17) is 0 Å². The zero-order valence-electron chi connectivity index (χ0n) is 12.7. The Bertz CT molecular complexity index is 384. The molecule has 0 amide bonds. The molecule has 0 aliphatic rings. The molecule has 0 aliphatic heterocycles. The number of rotatable bonds is 8. The third-order valence-electron chi connectivity index (χ3n) is 3.14. The second-order valence-corrected chi connectivity index (χ2v) is 5.84. The predicted molar refractivity (Wildman–Crippen MR) is 86.4 cm³/mol. The fraction of sp³-hybridized carbons (Fsp3) is 0.714. The van der Waals surface area contributed by atoms with Crippen LogP contribution in [0.25, 0.3) is 0 Å². The van der Waals surface area contributed by atoms with Gasteiger partial charge in [0, 0.05) is 31.4 Å². The molecule has 1 atom stereocenters. The average Bonchev–Trinajstić information content (AvgIpc) is 2.41. The van der Waals surface area contributed by atoms with Crippen molar-refractivity contribution in [2.45, 2.75) is 39.7 Å². The maximum atomic E-state index is 4.60. The van der Waals surface area contributed by atoms with E-state index in [1.807, 2.05) is 24.8 Å². The number of thioether (sulfide) groups is 1. The van der Waals surface area contributed by atoms with Crippen molar-refractivity contribution >= 4 is 23.5 Å². The number of aromatic nitrogens is 2. The van der Waals surface area contributed by atoms with Gasteiger partial charge >= 0.3 is 0 Å². The van der Waals surface area contributed by atoms with Gasteiger partial charge in [0.25, 0.3) is 0 Å². The molecule has 19 heavy (non-hydrogen) atoms. The monoisotopic (exact) mass is 282 g/mol. The van der Waals surface area contributed by atoms with Crippen molar-refractivity contribution in [3.05, 3.63) is 11.8 Å². The highest BCUT2D eigenvalue weighted by Crippen LogP contribution is 2.17. The molecule has 0 saturated heterocycles. The first kappa shape index (κ1) is 16.1. The van der Waals surface area contributed by atoms with E-state index >= 15 is 0 Å². The zero-order chi connectivity index (χ0) is 14.3. The fourth-order valence-corrected chi connectivity index (χ4v) is 2.33. The van der Waals surface area contributed by atoms with Gasteiger partial charge in [0.15, 0.2) is 0 Å². The van der Waals surface area contributed by atoms with E-state index in [1.54, 1.807) is 0 Å². The molecule has 0 aliphatic carbocycles. The van der Waals surface area contributed by atoms with Crippen molar-refractivity contribution in [3.8, 4) is 0 Å². The molecule has 0 fully saturated rings. The van der Waals surface area contributed by atoms with Crippen molar-refractivity contribution in [3.63, 3.8) is 0 Å². The molecule has 5 heteroatoms. The van der Waals surface area contributed by atoms with Crippen LogP contribution in [-0.4, -0.2) is 41.6 Å². The lowest BCUT2D eigenvalue weighted by Crippen LogP contribution is -2.30. The summed E-state index contributed by atoms with van der Waals surface area (Å²) in [4.78, 5) is 11.3. The molecule has 0 saturated carbocycles. The third-order valence-corrected chi connectivity index (χ3v) is 3.78. The van der Waals surface area contributed by atoms with Crippen molar-refractivity contribution in [2.24, 2.45) is 0 Å². The quantitative estimate of drug-likeness (QED) is 0.793. The highest BCUT2D eigenvalue weighted by atomic mass is 32.2. The molecule has 1 heterocycles. The van der Waals surface area contributed by atoms with E-state index in [0.717, 1.165) is 30.4 Å². The normalized spacial score (nSPS) is 12.3. The maximum absolute atomic E-state index is 4.60. The minimum Gasteiger partial charge on any atom is -0.357 e. The summed E-state index contributed by atoms with van der Waals surface area (Å²) in [5.41, 5.74) is 1.01. The van der Waals surface area contributed by atoms with Crippen LogP contribution in [0, 0.1) is 6.92 Å². The molecule has 0 radical (unpaired) electrons. The van der Waals surface area contributed by atoms with Gasteiger partial charge < -0.3 is 10.2 Å². The van der Waals surface area contributed by atoms with Gasteiger partial charge in [0.05, 0.1) is 0 Å². The second kappa shape index (κ2) is 8.25. The van der Waals surface area contributed by atoms with Crippen LogP contribution >= 0.6 is 11.8 Å². The van der Waals surface area contributed by atoms with Crippen LogP contribution in [0.15, 0.2) is 6.07 Å². The highest BCUT2D eigenvalue weighted by molar-refractivity contribution is 7.98. The van der Waals surface area contributed by atoms with E-state index in [0.29, 0.717) is 6.04 Å². The number of aryl methyl sites for hydroxylation is 1. The van der Waals surface area contributed by atoms with Crippen LogP contribution in [0.3, 0.4) is 0 Å². The number of nitrogens with zero attached hydrogens (tertiary/aromatic N) is 3. The first-order valence-electron chi connectivity index (χ1n) is 6.89. The highest BCUT2D eigenvalue weighted by Gasteiger charge is 2.12. The summed E-state index contributed by atoms with van der Waals surface area (Å²) in [7, 11) is 2.11. The Hall–Kier alpha value is -0.970. The van der Waals surface area contributed by atoms with Crippen molar-refractivity contribution in [1.29, 1.82) is 0 Å². The maximum Gasteiger partial charge on any atom is 0.224 e. The van der Waals surface area contributed by atoms with Crippen LogP contribution in [0.5, 0.6) is 0 Å². The number of anilines is 2. The molecule has 1 N–H and O–H groups in total. The molecular formula is C14H26N4S. The summed E-state index contributed by atoms with van der Waals surface area (Å²) < 4.78 is 0. The summed E-state index contributed by atoms with van der Waals surface area (Å²) in [5, 5.41) is 3.26. The summed E-state index contributed by atoms with van der Waals surface area (Å²) in [6.45, 7) is 7.31. The lowest BCUT2D eigenvalue weighted by molar-refractivity contribution is 0.661. The molecule has 0 spiro atoms. The summed E-state index contributed by atoms with van der Waals surface area (Å²) in [6, 6.07) is 2.54. The van der Waals surface area contributed by atoms with Crippen LogP contribution < -0.4 is 10.2 Å². The van der Waals surface area contributed by atoms with Crippen molar-refractivity contribution in [1.82, 2.24) is 9.97 Å². The molecule has 1 aromatic heterocycles. The third kappa shape index (κ3) is 5.27. The van der Waals surface area contributed by atoms with Gasteiger partial charge in [0.1, 0.15) is 5.82 Å². The Morgan fingerprint density at radius 1 is 1.42 bits per heavy atom. The van der Waals surface area contributed by atoms with Gasteiger partial charge in [-0.1, -0.05) is 6.92 Å². The zero-order valence-corrected chi connectivity index (χ0v) is 13.5. The summed E-state index contributed by atoms with van der Waals surface area (Å²) >= 11 is 1.89. The first-order chi connectivity index (χ1) is 9.08. The van der Waals surface area contributed by atoms with E-state index in [1.165, 1.54) is 12.2 Å². The van der Waals surface area contributed by atoms with E-state index in [9.17, 15) is 0 Å². The van der Waals surface area contributed by atoms with Gasteiger partial charge in [-0.3, -0.25) is 0 Å². The standard InChI is InChI=1S/C14H26N4S/c1-6-8-15-14-16-11(2)10-13(17-14)18(4)12(3)7-9-19-5/h10,12H,6-9H2,1-5H3,(H,15,16,17). The Labute approximate surface area is 121 Å².